The highest BCUT2D eigenvalue weighted by molar-refractivity contribution is 6.31. The quantitative estimate of drug-likeness (QED) is 0.825. The van der Waals surface area contributed by atoms with E-state index in [0.29, 0.717) is 16.9 Å². The van der Waals surface area contributed by atoms with Crippen molar-refractivity contribution in [3.63, 3.8) is 0 Å². The highest BCUT2D eigenvalue weighted by atomic mass is 35.5. The van der Waals surface area contributed by atoms with Gasteiger partial charge in [0.15, 0.2) is 0 Å². The molecule has 1 atom stereocenters. The Bertz CT molecular complexity index is 889. The van der Waals surface area contributed by atoms with Gasteiger partial charge in [-0.1, -0.05) is 23.7 Å². The summed E-state index contributed by atoms with van der Waals surface area (Å²) in [5, 5.41) is 9.36. The average molecular weight is 385 g/mol. The molecule has 0 saturated heterocycles. The maximum atomic E-state index is 13.3. The fourth-order valence-corrected chi connectivity index (χ4v) is 2.91. The molecule has 0 saturated carbocycles. The van der Waals surface area contributed by atoms with E-state index in [4.69, 9.17) is 26.2 Å². The van der Waals surface area contributed by atoms with Gasteiger partial charge in [-0.3, -0.25) is 0 Å². The minimum Gasteiger partial charge on any atom is -0.497 e. The van der Waals surface area contributed by atoms with Crippen LogP contribution < -0.4 is 9.47 Å². The van der Waals surface area contributed by atoms with Crippen molar-refractivity contribution in [1.29, 1.82) is 0 Å². The lowest BCUT2D eigenvalue weighted by Crippen LogP contribution is -2.40. The standard InChI is InChI=1S/C18H12ClF3O4/c1-25-12-4-2-9(3-5-12)13-8-11(19)6-10-7-14(17(23)24)16(18(20,21)22)26-15(10)13/h2-8,16H,1H3,(H,23,24). The van der Waals surface area contributed by atoms with Gasteiger partial charge in [0, 0.05) is 16.1 Å². The molecule has 2 aromatic rings. The highest BCUT2D eigenvalue weighted by Gasteiger charge is 2.48. The summed E-state index contributed by atoms with van der Waals surface area (Å²) in [5.41, 5.74) is 0.150. The number of carboxylic acids is 1. The second kappa shape index (κ2) is 6.57. The van der Waals surface area contributed by atoms with E-state index in [1.165, 1.54) is 19.2 Å². The molecule has 0 spiro atoms. The van der Waals surface area contributed by atoms with Gasteiger partial charge in [-0.05, 0) is 35.9 Å². The van der Waals surface area contributed by atoms with Gasteiger partial charge in [0.05, 0.1) is 12.7 Å². The molecule has 0 radical (unpaired) electrons. The van der Waals surface area contributed by atoms with Gasteiger partial charge in [-0.15, -0.1) is 0 Å². The summed E-state index contributed by atoms with van der Waals surface area (Å²) in [4.78, 5) is 11.2. The molecule has 0 amide bonds. The van der Waals surface area contributed by atoms with Crippen LogP contribution in [-0.4, -0.2) is 30.5 Å². The summed E-state index contributed by atoms with van der Waals surface area (Å²) >= 11 is 6.06. The van der Waals surface area contributed by atoms with E-state index in [0.717, 1.165) is 6.08 Å². The summed E-state index contributed by atoms with van der Waals surface area (Å²) in [5.74, 6) is -1.21. The van der Waals surface area contributed by atoms with Crippen LogP contribution in [0.15, 0.2) is 42.0 Å². The molecule has 1 aliphatic rings. The Morgan fingerprint density at radius 2 is 1.88 bits per heavy atom. The zero-order valence-corrected chi connectivity index (χ0v) is 14.1. The van der Waals surface area contributed by atoms with Crippen LogP contribution in [0, 0.1) is 0 Å². The predicted molar refractivity (Wildman–Crippen MR) is 89.5 cm³/mol. The van der Waals surface area contributed by atoms with Crippen LogP contribution in [0.5, 0.6) is 11.5 Å². The molecule has 0 fully saturated rings. The van der Waals surface area contributed by atoms with E-state index in [1.54, 1.807) is 24.3 Å². The zero-order chi connectivity index (χ0) is 19.1. The van der Waals surface area contributed by atoms with E-state index in [2.05, 4.69) is 0 Å². The van der Waals surface area contributed by atoms with Gasteiger partial charge in [0.2, 0.25) is 6.10 Å². The van der Waals surface area contributed by atoms with Crippen LogP contribution in [0.1, 0.15) is 5.56 Å². The van der Waals surface area contributed by atoms with Crippen molar-refractivity contribution in [2.45, 2.75) is 12.3 Å². The first-order valence-corrected chi connectivity index (χ1v) is 7.74. The van der Waals surface area contributed by atoms with Crippen molar-refractivity contribution < 1.29 is 32.5 Å². The maximum Gasteiger partial charge on any atom is 0.430 e. The van der Waals surface area contributed by atoms with E-state index in [9.17, 15) is 18.0 Å². The number of rotatable bonds is 3. The second-order valence-electron chi connectivity index (χ2n) is 5.54. The Balaban J connectivity index is 2.18. The SMILES string of the molecule is COc1ccc(-c2cc(Cl)cc3c2OC(C(F)(F)F)C(C(=O)O)=C3)cc1. The fourth-order valence-electron chi connectivity index (χ4n) is 2.68. The third-order valence-electron chi connectivity index (χ3n) is 3.86. The van der Waals surface area contributed by atoms with Crippen LogP contribution in [0.3, 0.4) is 0 Å². The molecule has 1 unspecified atom stereocenters. The lowest BCUT2D eigenvalue weighted by atomic mass is 9.95. The van der Waals surface area contributed by atoms with Crippen molar-refractivity contribution in [2.24, 2.45) is 0 Å². The number of aliphatic carboxylic acids is 1. The number of carbonyl (C=O) groups is 1. The summed E-state index contributed by atoms with van der Waals surface area (Å²) < 4.78 is 50.0. The highest BCUT2D eigenvalue weighted by Crippen LogP contribution is 2.44. The molecule has 8 heteroatoms. The number of hydrogen-bond acceptors (Lipinski definition) is 3. The van der Waals surface area contributed by atoms with Crippen LogP contribution >= 0.6 is 11.6 Å². The molecule has 26 heavy (non-hydrogen) atoms. The molecule has 1 heterocycles. The monoisotopic (exact) mass is 384 g/mol. The van der Waals surface area contributed by atoms with Crippen molar-refractivity contribution in [1.82, 2.24) is 0 Å². The Morgan fingerprint density at radius 1 is 1.23 bits per heavy atom. The van der Waals surface area contributed by atoms with E-state index in [1.807, 2.05) is 0 Å². The largest absolute Gasteiger partial charge is 0.497 e. The number of fused-ring (bicyclic) bond motifs is 1. The summed E-state index contributed by atoms with van der Waals surface area (Å²) in [6.07, 6.45) is -6.50. The summed E-state index contributed by atoms with van der Waals surface area (Å²) in [7, 11) is 1.49. The van der Waals surface area contributed by atoms with Crippen molar-refractivity contribution in [3.05, 3.63) is 52.6 Å². The minimum atomic E-state index is -4.88. The lowest BCUT2D eigenvalue weighted by Gasteiger charge is -2.28. The average Bonchev–Trinajstić information content (AvgIpc) is 2.59. The van der Waals surface area contributed by atoms with E-state index in [-0.39, 0.29) is 16.3 Å². The minimum absolute atomic E-state index is 0.0770. The van der Waals surface area contributed by atoms with Crippen LogP contribution in [0.25, 0.3) is 17.2 Å². The Kier molecular flexibility index (Phi) is 4.58. The van der Waals surface area contributed by atoms with E-state index >= 15 is 0 Å². The first-order chi connectivity index (χ1) is 12.2. The topological polar surface area (TPSA) is 55.8 Å². The van der Waals surface area contributed by atoms with Crippen LogP contribution in [0.4, 0.5) is 13.2 Å². The van der Waals surface area contributed by atoms with Gasteiger partial charge >= 0.3 is 12.1 Å². The van der Waals surface area contributed by atoms with Gasteiger partial charge < -0.3 is 14.6 Å². The molecule has 1 N–H and O–H groups in total. The second-order valence-corrected chi connectivity index (χ2v) is 5.98. The Hall–Kier alpha value is -2.67. The van der Waals surface area contributed by atoms with Gasteiger partial charge in [-0.25, -0.2) is 4.79 Å². The Labute approximate surface area is 151 Å². The third kappa shape index (κ3) is 3.35. The third-order valence-corrected chi connectivity index (χ3v) is 4.08. The molecule has 3 rings (SSSR count). The smallest absolute Gasteiger partial charge is 0.430 e. The molecule has 4 nitrogen and oxygen atoms in total. The van der Waals surface area contributed by atoms with Crippen molar-refractivity contribution in [3.8, 4) is 22.6 Å². The van der Waals surface area contributed by atoms with Crippen LogP contribution in [0.2, 0.25) is 5.02 Å². The van der Waals surface area contributed by atoms with E-state index < -0.39 is 23.8 Å². The normalized spacial score (nSPS) is 16.3. The predicted octanol–water partition coefficient (Wildman–Crippen LogP) is 4.81. The number of alkyl halides is 3. The fraction of sp³-hybridized carbons (Fsp3) is 0.167. The van der Waals surface area contributed by atoms with Gasteiger partial charge in [-0.2, -0.15) is 13.2 Å². The van der Waals surface area contributed by atoms with Gasteiger partial charge in [0.25, 0.3) is 0 Å². The lowest BCUT2D eigenvalue weighted by molar-refractivity contribution is -0.187. The first kappa shape index (κ1) is 18.1. The zero-order valence-electron chi connectivity index (χ0n) is 13.3. The number of carboxylic acid groups (broad SMARTS) is 1. The molecule has 2 aromatic carbocycles. The molecular formula is C18H12ClF3O4. The van der Waals surface area contributed by atoms with Gasteiger partial charge in [0.1, 0.15) is 11.5 Å². The molecule has 136 valence electrons. The summed E-state index contributed by atoms with van der Waals surface area (Å²) in [6, 6.07) is 9.41. The number of ether oxygens (including phenoxy) is 2. The maximum absolute atomic E-state index is 13.3. The van der Waals surface area contributed by atoms with Crippen molar-refractivity contribution >= 4 is 23.6 Å². The molecule has 0 aliphatic carbocycles. The number of halogens is 4. The Morgan fingerprint density at radius 3 is 2.42 bits per heavy atom. The number of methoxy groups -OCH3 is 1. The number of benzene rings is 2. The first-order valence-electron chi connectivity index (χ1n) is 7.37. The van der Waals surface area contributed by atoms with Crippen molar-refractivity contribution in [2.75, 3.05) is 7.11 Å². The molecule has 0 bridgehead atoms. The molecule has 0 aromatic heterocycles. The molecular weight excluding hydrogens is 373 g/mol. The summed E-state index contributed by atoms with van der Waals surface area (Å²) in [6.45, 7) is 0. The van der Waals surface area contributed by atoms with Crippen LogP contribution in [-0.2, 0) is 4.79 Å². The molecule has 1 aliphatic heterocycles. The number of hydrogen-bond donors (Lipinski definition) is 1.